The van der Waals surface area contributed by atoms with E-state index in [1.807, 2.05) is 32.0 Å². The summed E-state index contributed by atoms with van der Waals surface area (Å²) in [4.78, 5) is 24.9. The van der Waals surface area contributed by atoms with Gasteiger partial charge in [-0.15, -0.1) is 10.2 Å². The van der Waals surface area contributed by atoms with Crippen molar-refractivity contribution in [3.8, 4) is 0 Å². The largest absolute Gasteiger partial charge is 0.342 e. The number of amides is 2. The summed E-state index contributed by atoms with van der Waals surface area (Å²) in [6.45, 7) is 5.82. The van der Waals surface area contributed by atoms with Crippen LogP contribution in [0.3, 0.4) is 0 Å². The molecule has 0 aliphatic heterocycles. The molecule has 0 bridgehead atoms. The summed E-state index contributed by atoms with van der Waals surface area (Å²) in [5, 5.41) is 15.4. The van der Waals surface area contributed by atoms with Crippen LogP contribution in [0.15, 0.2) is 41.6 Å². The molecule has 2 aromatic carbocycles. The van der Waals surface area contributed by atoms with E-state index in [2.05, 4.69) is 20.8 Å². The van der Waals surface area contributed by atoms with Gasteiger partial charge in [0, 0.05) is 17.8 Å². The lowest BCUT2D eigenvalue weighted by atomic mass is 10.1. The molecule has 0 spiro atoms. The molecule has 3 rings (SSSR count). The summed E-state index contributed by atoms with van der Waals surface area (Å²) in [6, 6.07) is 10.1. The summed E-state index contributed by atoms with van der Waals surface area (Å²) in [6.07, 6.45) is 0. The van der Waals surface area contributed by atoms with Crippen molar-refractivity contribution in [2.24, 2.45) is 7.05 Å². The normalized spacial score (nSPS) is 11.8. The molecule has 2 N–H and O–H groups in total. The minimum absolute atomic E-state index is 0.137. The van der Waals surface area contributed by atoms with Crippen molar-refractivity contribution in [2.75, 3.05) is 11.1 Å². The average molecular weight is 492 g/mol. The van der Waals surface area contributed by atoms with Crippen LogP contribution >= 0.6 is 35.0 Å². The molecule has 0 aliphatic carbocycles. The van der Waals surface area contributed by atoms with Gasteiger partial charge >= 0.3 is 0 Å². The van der Waals surface area contributed by atoms with Crippen LogP contribution in [0.1, 0.15) is 40.3 Å². The van der Waals surface area contributed by atoms with E-state index >= 15 is 0 Å². The van der Waals surface area contributed by atoms with E-state index in [-0.39, 0.29) is 22.6 Å². The molecule has 0 radical (unpaired) electrons. The lowest BCUT2D eigenvalue weighted by Gasteiger charge is -2.14. The minimum atomic E-state index is -0.426. The van der Waals surface area contributed by atoms with E-state index in [4.69, 9.17) is 23.2 Å². The number of halogens is 2. The van der Waals surface area contributed by atoms with Crippen LogP contribution in [0.4, 0.5) is 5.69 Å². The van der Waals surface area contributed by atoms with Crippen LogP contribution in [0, 0.1) is 13.8 Å². The first-order chi connectivity index (χ1) is 15.2. The van der Waals surface area contributed by atoms with E-state index < -0.39 is 6.04 Å². The van der Waals surface area contributed by atoms with Crippen molar-refractivity contribution in [1.29, 1.82) is 0 Å². The lowest BCUT2D eigenvalue weighted by molar-refractivity contribution is -0.113. The maximum Gasteiger partial charge on any atom is 0.253 e. The first kappa shape index (κ1) is 24.1. The summed E-state index contributed by atoms with van der Waals surface area (Å²) < 4.78 is 1.75. The maximum atomic E-state index is 12.6. The van der Waals surface area contributed by atoms with Gasteiger partial charge in [0.25, 0.3) is 5.91 Å². The SMILES string of the molecule is Cc1ccc(NC(=O)CSc2nnc([C@H](C)NC(=O)c3ccc(Cl)cc3Cl)n2C)cc1C. The third kappa shape index (κ3) is 5.82. The highest BCUT2D eigenvalue weighted by atomic mass is 35.5. The number of nitrogens with zero attached hydrogens (tertiary/aromatic N) is 3. The van der Waals surface area contributed by atoms with Crippen LogP contribution < -0.4 is 10.6 Å². The standard InChI is InChI=1S/C22H23Cl2N5O2S/c1-12-5-7-16(9-13(12)2)26-19(30)11-32-22-28-27-20(29(22)4)14(3)25-21(31)17-8-6-15(23)10-18(17)24/h5-10,14H,11H2,1-4H3,(H,25,31)(H,26,30)/t14-/m0/s1. The number of carbonyl (C=O) groups is 2. The maximum absolute atomic E-state index is 12.6. The van der Waals surface area contributed by atoms with Crippen LogP contribution in [-0.2, 0) is 11.8 Å². The number of rotatable bonds is 7. The Hall–Kier alpha value is -2.55. The van der Waals surface area contributed by atoms with E-state index in [9.17, 15) is 9.59 Å². The number of benzene rings is 2. The van der Waals surface area contributed by atoms with Crippen molar-refractivity contribution in [3.63, 3.8) is 0 Å². The molecule has 0 fully saturated rings. The Bertz CT molecular complexity index is 1170. The number of aryl methyl sites for hydroxylation is 2. The molecule has 1 aromatic heterocycles. The molecule has 10 heteroatoms. The number of thioether (sulfide) groups is 1. The highest BCUT2D eigenvalue weighted by molar-refractivity contribution is 7.99. The summed E-state index contributed by atoms with van der Waals surface area (Å²) in [5.74, 6) is 0.256. The van der Waals surface area contributed by atoms with Crippen molar-refractivity contribution in [1.82, 2.24) is 20.1 Å². The van der Waals surface area contributed by atoms with E-state index in [1.165, 1.54) is 23.4 Å². The van der Waals surface area contributed by atoms with Gasteiger partial charge in [0.1, 0.15) is 0 Å². The van der Waals surface area contributed by atoms with Crippen LogP contribution in [0.25, 0.3) is 0 Å². The number of hydrogen-bond acceptors (Lipinski definition) is 5. The van der Waals surface area contributed by atoms with E-state index in [1.54, 1.807) is 30.7 Å². The van der Waals surface area contributed by atoms with Crippen LogP contribution in [-0.4, -0.2) is 32.3 Å². The molecule has 0 unspecified atom stereocenters. The van der Waals surface area contributed by atoms with Crippen molar-refractivity contribution in [2.45, 2.75) is 32.0 Å². The van der Waals surface area contributed by atoms with E-state index in [0.717, 1.165) is 11.3 Å². The fourth-order valence-corrected chi connectivity index (χ4v) is 4.20. The number of hydrogen-bond donors (Lipinski definition) is 2. The Morgan fingerprint density at radius 3 is 2.53 bits per heavy atom. The van der Waals surface area contributed by atoms with Gasteiger partial charge in [0.15, 0.2) is 11.0 Å². The van der Waals surface area contributed by atoms with Crippen molar-refractivity contribution in [3.05, 3.63) is 69.0 Å². The molecule has 7 nitrogen and oxygen atoms in total. The molecule has 1 atom stereocenters. The predicted molar refractivity (Wildman–Crippen MR) is 129 cm³/mol. The summed E-state index contributed by atoms with van der Waals surface area (Å²) >= 11 is 13.3. The monoisotopic (exact) mass is 491 g/mol. The highest BCUT2D eigenvalue weighted by Gasteiger charge is 2.20. The Balaban J connectivity index is 1.59. The molecule has 0 saturated carbocycles. The molecular weight excluding hydrogens is 469 g/mol. The van der Waals surface area contributed by atoms with Crippen molar-refractivity contribution < 1.29 is 9.59 Å². The van der Waals surface area contributed by atoms with Crippen LogP contribution in [0.2, 0.25) is 10.0 Å². The Morgan fingerprint density at radius 2 is 1.84 bits per heavy atom. The van der Waals surface area contributed by atoms with E-state index in [0.29, 0.717) is 21.6 Å². The molecule has 0 saturated heterocycles. The zero-order chi connectivity index (χ0) is 23.4. The number of carbonyl (C=O) groups excluding carboxylic acids is 2. The van der Waals surface area contributed by atoms with Gasteiger partial charge in [-0.1, -0.05) is 41.0 Å². The first-order valence-electron chi connectivity index (χ1n) is 9.80. The van der Waals surface area contributed by atoms with Gasteiger partial charge in [0.05, 0.1) is 22.4 Å². The van der Waals surface area contributed by atoms with Gasteiger partial charge in [-0.05, 0) is 62.2 Å². The third-order valence-electron chi connectivity index (χ3n) is 4.90. The molecule has 2 amide bonds. The van der Waals surface area contributed by atoms with Crippen LogP contribution in [0.5, 0.6) is 0 Å². The fourth-order valence-electron chi connectivity index (χ4n) is 2.99. The van der Waals surface area contributed by atoms with Gasteiger partial charge < -0.3 is 15.2 Å². The zero-order valence-electron chi connectivity index (χ0n) is 18.1. The van der Waals surface area contributed by atoms with Gasteiger partial charge in [0.2, 0.25) is 5.91 Å². The Morgan fingerprint density at radius 1 is 1.09 bits per heavy atom. The van der Waals surface area contributed by atoms with Gasteiger partial charge in [-0.25, -0.2) is 0 Å². The second kappa shape index (κ2) is 10.4. The second-order valence-electron chi connectivity index (χ2n) is 7.35. The molecular formula is C22H23Cl2N5O2S. The number of nitrogens with one attached hydrogen (secondary N) is 2. The topological polar surface area (TPSA) is 88.9 Å². The number of aromatic nitrogens is 3. The highest BCUT2D eigenvalue weighted by Crippen LogP contribution is 2.23. The van der Waals surface area contributed by atoms with Gasteiger partial charge in [-0.2, -0.15) is 0 Å². The quantitative estimate of drug-likeness (QED) is 0.455. The first-order valence-corrected chi connectivity index (χ1v) is 11.5. The smallest absolute Gasteiger partial charge is 0.253 e. The molecule has 1 heterocycles. The fraction of sp³-hybridized carbons (Fsp3) is 0.273. The minimum Gasteiger partial charge on any atom is -0.342 e. The van der Waals surface area contributed by atoms with Gasteiger partial charge in [-0.3, -0.25) is 9.59 Å². The summed E-state index contributed by atoms with van der Waals surface area (Å²) in [5.41, 5.74) is 3.37. The predicted octanol–water partition coefficient (Wildman–Crippen LogP) is 4.96. The van der Waals surface area contributed by atoms with Crippen molar-refractivity contribution >= 4 is 52.5 Å². The Kier molecular flexibility index (Phi) is 7.82. The average Bonchev–Trinajstić information content (AvgIpc) is 3.09. The molecule has 3 aromatic rings. The number of anilines is 1. The third-order valence-corrected chi connectivity index (χ3v) is 6.47. The molecule has 32 heavy (non-hydrogen) atoms. The molecule has 168 valence electrons. The molecule has 0 aliphatic rings. The Labute approximate surface area is 200 Å². The second-order valence-corrected chi connectivity index (χ2v) is 9.14. The zero-order valence-corrected chi connectivity index (χ0v) is 20.4. The lowest BCUT2D eigenvalue weighted by Crippen LogP contribution is -2.28. The summed E-state index contributed by atoms with van der Waals surface area (Å²) in [7, 11) is 1.79.